The minimum atomic E-state index is 0. The molecular formula is C25H36IN5O2. The molecule has 8 heteroatoms. The quantitative estimate of drug-likeness (QED) is 0.278. The number of ether oxygens (including phenoxy) is 1. The third-order valence-corrected chi connectivity index (χ3v) is 5.71. The van der Waals surface area contributed by atoms with Gasteiger partial charge in [0.25, 0.3) is 0 Å². The fourth-order valence-electron chi connectivity index (χ4n) is 3.78. The number of carbonyl (C=O) groups is 1. The topological polar surface area (TPSA) is 69.2 Å². The molecule has 0 spiro atoms. The molecule has 1 saturated heterocycles. The van der Waals surface area contributed by atoms with Gasteiger partial charge in [-0.25, -0.2) is 4.99 Å². The monoisotopic (exact) mass is 565 g/mol. The molecule has 0 aromatic heterocycles. The lowest BCUT2D eigenvalue weighted by atomic mass is 10.1. The van der Waals surface area contributed by atoms with E-state index in [0.29, 0.717) is 19.0 Å². The second-order valence-corrected chi connectivity index (χ2v) is 8.21. The summed E-state index contributed by atoms with van der Waals surface area (Å²) in [7, 11) is 5.20. The number of aliphatic imine (C=N–C) groups is 1. The summed E-state index contributed by atoms with van der Waals surface area (Å²) >= 11 is 0. The number of nitrogens with zero attached hydrogens (tertiary/aromatic N) is 3. The van der Waals surface area contributed by atoms with Crippen molar-refractivity contribution in [2.75, 3.05) is 47.4 Å². The largest absolute Gasteiger partial charge is 0.497 e. The molecule has 7 nitrogen and oxygen atoms in total. The number of halogens is 1. The number of hydrogen-bond donors (Lipinski definition) is 2. The van der Waals surface area contributed by atoms with Crippen molar-refractivity contribution in [3.05, 3.63) is 65.7 Å². The van der Waals surface area contributed by atoms with Crippen LogP contribution in [0.1, 0.15) is 30.0 Å². The van der Waals surface area contributed by atoms with E-state index in [2.05, 4.69) is 39.8 Å². The molecule has 1 heterocycles. The van der Waals surface area contributed by atoms with Crippen molar-refractivity contribution in [2.24, 2.45) is 4.99 Å². The van der Waals surface area contributed by atoms with Gasteiger partial charge >= 0.3 is 0 Å². The maximum absolute atomic E-state index is 12.1. The second kappa shape index (κ2) is 14.0. The van der Waals surface area contributed by atoms with Crippen LogP contribution in [0.2, 0.25) is 0 Å². The zero-order valence-corrected chi connectivity index (χ0v) is 22.1. The molecule has 2 N–H and O–H groups in total. The predicted molar refractivity (Wildman–Crippen MR) is 144 cm³/mol. The SMILES string of the molecule is COc1ccc(C(CNC(=NCc2ccccc2)NCC(=O)N(C)C)N2CCCC2)cc1.I. The Hall–Kier alpha value is -2.33. The average molecular weight is 566 g/mol. The van der Waals surface area contributed by atoms with Gasteiger partial charge in [0.05, 0.1) is 26.2 Å². The van der Waals surface area contributed by atoms with Gasteiger partial charge in [-0.05, 0) is 49.2 Å². The number of likely N-dealkylation sites (N-methyl/N-ethyl adjacent to an activating group) is 1. The summed E-state index contributed by atoms with van der Waals surface area (Å²) in [6.07, 6.45) is 2.44. The molecule has 0 radical (unpaired) electrons. The third kappa shape index (κ3) is 8.51. The highest BCUT2D eigenvalue weighted by Crippen LogP contribution is 2.26. The van der Waals surface area contributed by atoms with E-state index in [1.807, 2.05) is 30.3 Å². The van der Waals surface area contributed by atoms with Crippen molar-refractivity contribution in [1.82, 2.24) is 20.4 Å². The average Bonchev–Trinajstić information content (AvgIpc) is 3.35. The lowest BCUT2D eigenvalue weighted by molar-refractivity contribution is -0.127. The highest BCUT2D eigenvalue weighted by molar-refractivity contribution is 14.0. The first kappa shape index (κ1) is 26.9. The molecule has 2 aromatic carbocycles. The van der Waals surface area contributed by atoms with Crippen molar-refractivity contribution >= 4 is 35.8 Å². The Morgan fingerprint density at radius 3 is 2.33 bits per heavy atom. The number of amides is 1. The molecule has 3 rings (SSSR count). The van der Waals surface area contributed by atoms with Gasteiger partial charge in [-0.1, -0.05) is 42.5 Å². The Labute approximate surface area is 214 Å². The van der Waals surface area contributed by atoms with Crippen LogP contribution in [0.3, 0.4) is 0 Å². The molecule has 1 aliphatic heterocycles. The van der Waals surface area contributed by atoms with Crippen LogP contribution in [-0.2, 0) is 11.3 Å². The summed E-state index contributed by atoms with van der Waals surface area (Å²) < 4.78 is 5.33. The first-order valence-corrected chi connectivity index (χ1v) is 11.2. The van der Waals surface area contributed by atoms with E-state index >= 15 is 0 Å². The molecule has 0 bridgehead atoms. The van der Waals surface area contributed by atoms with E-state index < -0.39 is 0 Å². The Bertz CT molecular complexity index is 868. The van der Waals surface area contributed by atoms with Crippen LogP contribution < -0.4 is 15.4 Å². The molecule has 1 atom stereocenters. The second-order valence-electron chi connectivity index (χ2n) is 8.21. The molecule has 33 heavy (non-hydrogen) atoms. The zero-order chi connectivity index (χ0) is 22.8. The van der Waals surface area contributed by atoms with Crippen molar-refractivity contribution in [3.63, 3.8) is 0 Å². The summed E-state index contributed by atoms with van der Waals surface area (Å²) in [6, 6.07) is 18.6. The zero-order valence-electron chi connectivity index (χ0n) is 19.8. The molecule has 1 aliphatic rings. The number of hydrogen-bond acceptors (Lipinski definition) is 4. The number of rotatable bonds is 9. The number of carbonyl (C=O) groups excluding carboxylic acids is 1. The third-order valence-electron chi connectivity index (χ3n) is 5.71. The number of likely N-dealkylation sites (tertiary alicyclic amines) is 1. The molecular weight excluding hydrogens is 529 g/mol. The van der Waals surface area contributed by atoms with Crippen molar-refractivity contribution in [2.45, 2.75) is 25.4 Å². The molecule has 0 saturated carbocycles. The summed E-state index contributed by atoms with van der Waals surface area (Å²) in [4.78, 5) is 20.9. The fourth-order valence-corrected chi connectivity index (χ4v) is 3.78. The van der Waals surface area contributed by atoms with Gasteiger partial charge in [0.2, 0.25) is 5.91 Å². The Balaban J connectivity index is 0.00000385. The van der Waals surface area contributed by atoms with Gasteiger partial charge in [-0.3, -0.25) is 9.69 Å². The highest BCUT2D eigenvalue weighted by Gasteiger charge is 2.24. The van der Waals surface area contributed by atoms with Gasteiger partial charge in [0.1, 0.15) is 5.75 Å². The van der Waals surface area contributed by atoms with E-state index in [1.54, 1.807) is 26.1 Å². The summed E-state index contributed by atoms with van der Waals surface area (Å²) in [5, 5.41) is 6.68. The molecule has 1 unspecified atom stereocenters. The maximum atomic E-state index is 12.1. The summed E-state index contributed by atoms with van der Waals surface area (Å²) in [6.45, 7) is 3.61. The van der Waals surface area contributed by atoms with Crippen molar-refractivity contribution in [1.29, 1.82) is 0 Å². The van der Waals surface area contributed by atoms with E-state index in [9.17, 15) is 4.79 Å². The van der Waals surface area contributed by atoms with Crippen molar-refractivity contribution < 1.29 is 9.53 Å². The Morgan fingerprint density at radius 2 is 1.73 bits per heavy atom. The van der Waals surface area contributed by atoms with Crippen LogP contribution >= 0.6 is 24.0 Å². The van der Waals surface area contributed by atoms with Crippen LogP contribution in [0, 0.1) is 0 Å². The smallest absolute Gasteiger partial charge is 0.241 e. The molecule has 1 amide bonds. The van der Waals surface area contributed by atoms with Crippen LogP contribution in [0.5, 0.6) is 5.75 Å². The number of nitrogens with one attached hydrogen (secondary N) is 2. The van der Waals surface area contributed by atoms with Crippen molar-refractivity contribution in [3.8, 4) is 5.75 Å². The number of methoxy groups -OCH3 is 1. The highest BCUT2D eigenvalue weighted by atomic mass is 127. The van der Waals surface area contributed by atoms with Crippen LogP contribution in [-0.4, -0.2) is 69.1 Å². The molecule has 1 fully saturated rings. The summed E-state index contributed by atoms with van der Waals surface area (Å²) in [5.74, 6) is 1.50. The Morgan fingerprint density at radius 1 is 1.06 bits per heavy atom. The van der Waals surface area contributed by atoms with Crippen LogP contribution in [0.4, 0.5) is 0 Å². The van der Waals surface area contributed by atoms with E-state index in [-0.39, 0.29) is 42.5 Å². The summed E-state index contributed by atoms with van der Waals surface area (Å²) in [5.41, 5.74) is 2.37. The van der Waals surface area contributed by atoms with Gasteiger partial charge in [0.15, 0.2) is 5.96 Å². The molecule has 0 aliphatic carbocycles. The Kier molecular flexibility index (Phi) is 11.5. The van der Waals surface area contributed by atoms with E-state index in [0.717, 1.165) is 24.4 Å². The minimum absolute atomic E-state index is 0. The van der Waals surface area contributed by atoms with Gasteiger partial charge in [-0.15, -0.1) is 24.0 Å². The van der Waals surface area contributed by atoms with E-state index in [1.165, 1.54) is 18.4 Å². The van der Waals surface area contributed by atoms with Crippen LogP contribution in [0.25, 0.3) is 0 Å². The number of benzene rings is 2. The predicted octanol–water partition coefficient (Wildman–Crippen LogP) is 3.27. The standard InChI is InChI=1S/C25H35N5O2.HI/c1-29(2)24(31)19-28-25(26-17-20-9-5-4-6-10-20)27-18-23(30-15-7-8-16-30)21-11-13-22(32-3)14-12-21;/h4-6,9-14,23H,7-8,15-19H2,1-3H3,(H2,26,27,28);1H. The molecule has 2 aromatic rings. The fraction of sp³-hybridized carbons (Fsp3) is 0.440. The van der Waals surface area contributed by atoms with Gasteiger partial charge in [0, 0.05) is 20.6 Å². The normalized spacial score (nSPS) is 14.8. The van der Waals surface area contributed by atoms with Gasteiger partial charge < -0.3 is 20.3 Å². The molecule has 180 valence electrons. The van der Waals surface area contributed by atoms with Crippen LogP contribution in [0.15, 0.2) is 59.6 Å². The lowest BCUT2D eigenvalue weighted by Crippen LogP contribution is -2.45. The maximum Gasteiger partial charge on any atom is 0.241 e. The first-order valence-electron chi connectivity index (χ1n) is 11.2. The minimum Gasteiger partial charge on any atom is -0.497 e. The van der Waals surface area contributed by atoms with Gasteiger partial charge in [-0.2, -0.15) is 0 Å². The van der Waals surface area contributed by atoms with E-state index in [4.69, 9.17) is 9.73 Å². The first-order chi connectivity index (χ1) is 15.6. The lowest BCUT2D eigenvalue weighted by Gasteiger charge is -2.29. The number of guanidine groups is 1.